The van der Waals surface area contributed by atoms with Gasteiger partial charge in [0.25, 0.3) is 0 Å². The van der Waals surface area contributed by atoms with Crippen molar-refractivity contribution in [1.29, 1.82) is 0 Å². The Labute approximate surface area is 137 Å². The number of carbonyl (C=O) groups excluding carboxylic acids is 2. The zero-order valence-electron chi connectivity index (χ0n) is 11.8. The van der Waals surface area contributed by atoms with Crippen LogP contribution in [0.25, 0.3) is 0 Å². The second kappa shape index (κ2) is 6.85. The van der Waals surface area contributed by atoms with Crippen LogP contribution in [-0.4, -0.2) is 18.6 Å². The zero-order chi connectivity index (χ0) is 16.3. The summed E-state index contributed by atoms with van der Waals surface area (Å²) in [5.41, 5.74) is 1.36. The van der Waals surface area contributed by atoms with E-state index in [2.05, 4.69) is 17.2 Å². The zero-order valence-corrected chi connectivity index (χ0v) is 13.3. The van der Waals surface area contributed by atoms with Crippen molar-refractivity contribution < 1.29 is 14.3 Å². The van der Waals surface area contributed by atoms with Crippen molar-refractivity contribution in [2.45, 2.75) is 13.0 Å². The number of hydrogen-bond donors (Lipinski definition) is 2. The van der Waals surface area contributed by atoms with Crippen LogP contribution in [0.2, 0.25) is 10.0 Å². The molecular formula is C15H14Cl2N2O3. The molecule has 7 heteroatoms. The Morgan fingerprint density at radius 3 is 2.77 bits per heavy atom. The van der Waals surface area contributed by atoms with Crippen LogP contribution in [0.3, 0.4) is 0 Å². The van der Waals surface area contributed by atoms with Gasteiger partial charge in [0.15, 0.2) is 0 Å². The van der Waals surface area contributed by atoms with Gasteiger partial charge < -0.3 is 15.4 Å². The van der Waals surface area contributed by atoms with Gasteiger partial charge in [-0.15, -0.1) is 0 Å². The van der Waals surface area contributed by atoms with Gasteiger partial charge in [-0.25, -0.2) is 9.59 Å². The van der Waals surface area contributed by atoms with Gasteiger partial charge in [0.2, 0.25) is 0 Å². The van der Waals surface area contributed by atoms with Crippen molar-refractivity contribution in [2.75, 3.05) is 6.61 Å². The quantitative estimate of drug-likeness (QED) is 0.652. The lowest BCUT2D eigenvalue weighted by atomic mass is 9.95. The topological polar surface area (TPSA) is 67.4 Å². The summed E-state index contributed by atoms with van der Waals surface area (Å²) in [6, 6.07) is 3.83. The highest BCUT2D eigenvalue weighted by atomic mass is 35.5. The fourth-order valence-corrected chi connectivity index (χ4v) is 2.43. The SMILES string of the molecule is C=CCOC(=O)C1=C(C)NC(=O)NC1c1ccc(Cl)c(Cl)c1. The van der Waals surface area contributed by atoms with E-state index >= 15 is 0 Å². The maximum atomic E-state index is 12.2. The molecule has 1 aliphatic heterocycles. The molecule has 22 heavy (non-hydrogen) atoms. The highest BCUT2D eigenvalue weighted by Crippen LogP contribution is 2.31. The first-order chi connectivity index (χ1) is 10.4. The molecule has 1 atom stereocenters. The first kappa shape index (κ1) is 16.4. The molecule has 2 rings (SSSR count). The van der Waals surface area contributed by atoms with E-state index in [9.17, 15) is 9.59 Å². The third-order valence-corrected chi connectivity index (χ3v) is 3.84. The molecule has 0 aromatic heterocycles. The van der Waals surface area contributed by atoms with Gasteiger partial charge in [-0.1, -0.05) is 41.9 Å². The molecule has 1 aliphatic rings. The Morgan fingerprint density at radius 1 is 1.41 bits per heavy atom. The normalized spacial score (nSPS) is 17.6. The number of allylic oxidation sites excluding steroid dienone is 1. The molecule has 5 nitrogen and oxygen atoms in total. The van der Waals surface area contributed by atoms with Gasteiger partial charge in [-0.05, 0) is 24.6 Å². The Kier molecular flexibility index (Phi) is 5.11. The summed E-state index contributed by atoms with van der Waals surface area (Å²) in [5.74, 6) is -0.541. The number of halogens is 2. The highest BCUT2D eigenvalue weighted by Gasteiger charge is 2.32. The predicted octanol–water partition coefficient (Wildman–Crippen LogP) is 3.35. The van der Waals surface area contributed by atoms with Gasteiger partial charge in [0.1, 0.15) is 6.61 Å². The average molecular weight is 341 g/mol. The first-order valence-electron chi connectivity index (χ1n) is 6.45. The van der Waals surface area contributed by atoms with Gasteiger partial charge in [0.05, 0.1) is 21.7 Å². The van der Waals surface area contributed by atoms with Crippen LogP contribution in [0.5, 0.6) is 0 Å². The number of amides is 2. The van der Waals surface area contributed by atoms with E-state index in [1.54, 1.807) is 25.1 Å². The van der Waals surface area contributed by atoms with Crippen LogP contribution in [0.15, 0.2) is 42.1 Å². The van der Waals surface area contributed by atoms with Crippen molar-refractivity contribution >= 4 is 35.2 Å². The van der Waals surface area contributed by atoms with E-state index in [1.807, 2.05) is 0 Å². The molecule has 1 heterocycles. The summed E-state index contributed by atoms with van der Waals surface area (Å²) >= 11 is 11.9. The Bertz CT molecular complexity index is 671. The van der Waals surface area contributed by atoms with Crippen LogP contribution >= 0.6 is 23.2 Å². The fourth-order valence-electron chi connectivity index (χ4n) is 2.12. The number of ether oxygens (including phenoxy) is 1. The third-order valence-electron chi connectivity index (χ3n) is 3.10. The van der Waals surface area contributed by atoms with Crippen LogP contribution < -0.4 is 10.6 Å². The lowest BCUT2D eigenvalue weighted by molar-refractivity contribution is -0.138. The average Bonchev–Trinajstić information content (AvgIpc) is 2.46. The second-order valence-corrected chi connectivity index (χ2v) is 5.45. The van der Waals surface area contributed by atoms with E-state index in [4.69, 9.17) is 27.9 Å². The second-order valence-electron chi connectivity index (χ2n) is 4.63. The van der Waals surface area contributed by atoms with Crippen molar-refractivity contribution in [3.8, 4) is 0 Å². The summed E-state index contributed by atoms with van der Waals surface area (Å²) in [6.45, 7) is 5.21. The molecular weight excluding hydrogens is 327 g/mol. The van der Waals surface area contributed by atoms with Crippen molar-refractivity contribution in [1.82, 2.24) is 10.6 Å². The largest absolute Gasteiger partial charge is 0.458 e. The van der Waals surface area contributed by atoms with E-state index in [-0.39, 0.29) is 6.61 Å². The molecule has 2 N–H and O–H groups in total. The lowest BCUT2D eigenvalue weighted by Gasteiger charge is -2.28. The van der Waals surface area contributed by atoms with Crippen molar-refractivity contribution in [3.05, 3.63) is 57.7 Å². The van der Waals surface area contributed by atoms with Crippen molar-refractivity contribution in [3.63, 3.8) is 0 Å². The summed E-state index contributed by atoms with van der Waals surface area (Å²) in [4.78, 5) is 23.9. The molecule has 1 unspecified atom stereocenters. The molecule has 0 saturated carbocycles. The maximum Gasteiger partial charge on any atom is 0.338 e. The lowest BCUT2D eigenvalue weighted by Crippen LogP contribution is -2.45. The minimum absolute atomic E-state index is 0.0810. The Hall–Kier alpha value is -1.98. The van der Waals surface area contributed by atoms with Crippen LogP contribution in [0.4, 0.5) is 4.79 Å². The van der Waals surface area contributed by atoms with Gasteiger partial charge in [-0.3, -0.25) is 0 Å². The number of urea groups is 1. The third kappa shape index (κ3) is 3.43. The number of carbonyl (C=O) groups is 2. The number of benzene rings is 1. The smallest absolute Gasteiger partial charge is 0.338 e. The highest BCUT2D eigenvalue weighted by molar-refractivity contribution is 6.42. The summed E-state index contributed by atoms with van der Waals surface area (Å²) in [5, 5.41) is 5.96. The molecule has 116 valence electrons. The molecule has 0 spiro atoms. The molecule has 1 aromatic rings. The fraction of sp³-hybridized carbons (Fsp3) is 0.200. The van der Waals surface area contributed by atoms with E-state index in [1.165, 1.54) is 6.08 Å². The van der Waals surface area contributed by atoms with Gasteiger partial charge in [-0.2, -0.15) is 0 Å². The Balaban J connectivity index is 2.42. The molecule has 1 aromatic carbocycles. The van der Waals surface area contributed by atoms with Crippen LogP contribution in [0, 0.1) is 0 Å². The van der Waals surface area contributed by atoms with Crippen LogP contribution in [-0.2, 0) is 9.53 Å². The summed E-state index contributed by atoms with van der Waals surface area (Å²) in [7, 11) is 0. The summed E-state index contributed by atoms with van der Waals surface area (Å²) in [6.07, 6.45) is 1.47. The summed E-state index contributed by atoms with van der Waals surface area (Å²) < 4.78 is 5.08. The molecule has 0 fully saturated rings. The minimum Gasteiger partial charge on any atom is -0.458 e. The molecule has 0 radical (unpaired) electrons. The number of esters is 1. The molecule has 0 saturated heterocycles. The number of rotatable bonds is 4. The van der Waals surface area contributed by atoms with Crippen molar-refractivity contribution in [2.24, 2.45) is 0 Å². The number of hydrogen-bond acceptors (Lipinski definition) is 3. The Morgan fingerprint density at radius 2 is 2.14 bits per heavy atom. The monoisotopic (exact) mass is 340 g/mol. The molecule has 0 aliphatic carbocycles. The predicted molar refractivity (Wildman–Crippen MR) is 84.7 cm³/mol. The molecule has 0 bridgehead atoms. The molecule has 2 amide bonds. The maximum absolute atomic E-state index is 12.2. The van der Waals surface area contributed by atoms with Crippen LogP contribution in [0.1, 0.15) is 18.5 Å². The van der Waals surface area contributed by atoms with Gasteiger partial charge >= 0.3 is 12.0 Å². The van der Waals surface area contributed by atoms with E-state index < -0.39 is 18.0 Å². The van der Waals surface area contributed by atoms with E-state index in [0.29, 0.717) is 26.9 Å². The first-order valence-corrected chi connectivity index (χ1v) is 7.21. The van der Waals surface area contributed by atoms with Gasteiger partial charge in [0, 0.05) is 5.70 Å². The standard InChI is InChI=1S/C15H14Cl2N2O3/c1-3-6-22-14(20)12-8(2)18-15(21)19-13(12)9-4-5-10(16)11(17)7-9/h3-5,7,13H,1,6H2,2H3,(H2,18,19,21). The number of nitrogens with one attached hydrogen (secondary N) is 2. The minimum atomic E-state index is -0.666. The van der Waals surface area contributed by atoms with E-state index in [0.717, 1.165) is 0 Å².